The van der Waals surface area contributed by atoms with Gasteiger partial charge in [-0.3, -0.25) is 0 Å². The standard InChI is InChI=1S/C12H11F3N2O3S/c13-12(14,15)21(18,19)20-10-6-5-9-11(17-10)7-3-1-2-4-8(7)16-9/h5-6,16H,1-4H2. The van der Waals surface area contributed by atoms with E-state index < -0.39 is 21.5 Å². The molecule has 0 fully saturated rings. The largest absolute Gasteiger partial charge is 0.534 e. The summed E-state index contributed by atoms with van der Waals surface area (Å²) in [6.45, 7) is 0. The third kappa shape index (κ3) is 2.45. The molecule has 0 saturated carbocycles. The maximum atomic E-state index is 12.3. The van der Waals surface area contributed by atoms with Crippen LogP contribution in [0.1, 0.15) is 24.1 Å². The van der Waals surface area contributed by atoms with Gasteiger partial charge in [0.15, 0.2) is 0 Å². The fourth-order valence-corrected chi connectivity index (χ4v) is 2.86. The fraction of sp³-hybridized carbons (Fsp3) is 0.417. The number of hydrogen-bond acceptors (Lipinski definition) is 4. The minimum atomic E-state index is -5.70. The molecule has 1 aliphatic carbocycles. The molecule has 3 rings (SSSR count). The lowest BCUT2D eigenvalue weighted by atomic mass is 9.97. The quantitative estimate of drug-likeness (QED) is 0.682. The molecule has 0 radical (unpaired) electrons. The lowest BCUT2D eigenvalue weighted by molar-refractivity contribution is -0.0501. The van der Waals surface area contributed by atoms with E-state index in [2.05, 4.69) is 14.2 Å². The number of H-pyrrole nitrogens is 1. The van der Waals surface area contributed by atoms with Gasteiger partial charge in [-0.1, -0.05) is 0 Å². The highest BCUT2D eigenvalue weighted by Crippen LogP contribution is 2.31. The van der Waals surface area contributed by atoms with Crippen LogP contribution in [0.2, 0.25) is 0 Å². The van der Waals surface area contributed by atoms with Gasteiger partial charge in [0.1, 0.15) is 0 Å². The van der Waals surface area contributed by atoms with E-state index in [1.54, 1.807) is 0 Å². The number of aromatic amines is 1. The van der Waals surface area contributed by atoms with E-state index in [1.165, 1.54) is 6.07 Å². The number of halogens is 3. The molecule has 0 atom stereocenters. The van der Waals surface area contributed by atoms with E-state index in [0.29, 0.717) is 11.0 Å². The summed E-state index contributed by atoms with van der Waals surface area (Å²) in [6, 6.07) is 2.58. The molecule has 0 spiro atoms. The van der Waals surface area contributed by atoms with Crippen molar-refractivity contribution in [1.29, 1.82) is 0 Å². The summed E-state index contributed by atoms with van der Waals surface area (Å²) >= 11 is 0. The topological polar surface area (TPSA) is 72.1 Å². The van der Waals surface area contributed by atoms with Crippen molar-refractivity contribution in [2.24, 2.45) is 0 Å². The number of fused-ring (bicyclic) bond motifs is 3. The van der Waals surface area contributed by atoms with Crippen molar-refractivity contribution >= 4 is 21.2 Å². The molecule has 0 aromatic carbocycles. The second-order valence-corrected chi connectivity index (χ2v) is 6.36. The lowest BCUT2D eigenvalue weighted by Gasteiger charge is -2.10. The summed E-state index contributed by atoms with van der Waals surface area (Å²) in [5.41, 5.74) is -2.41. The smallest absolute Gasteiger partial charge is 0.357 e. The molecule has 2 heterocycles. The molecule has 2 aromatic rings. The van der Waals surface area contributed by atoms with Gasteiger partial charge >= 0.3 is 15.6 Å². The van der Waals surface area contributed by atoms with Crippen molar-refractivity contribution in [3.05, 3.63) is 23.4 Å². The van der Waals surface area contributed by atoms with Crippen molar-refractivity contribution in [2.75, 3.05) is 0 Å². The van der Waals surface area contributed by atoms with Crippen molar-refractivity contribution in [3.8, 4) is 5.88 Å². The molecule has 0 unspecified atom stereocenters. The van der Waals surface area contributed by atoms with Gasteiger partial charge in [0.25, 0.3) is 0 Å². The molecule has 9 heteroatoms. The molecule has 5 nitrogen and oxygen atoms in total. The Morgan fingerprint density at radius 2 is 1.90 bits per heavy atom. The highest BCUT2D eigenvalue weighted by atomic mass is 32.2. The third-order valence-electron chi connectivity index (χ3n) is 3.39. The van der Waals surface area contributed by atoms with Crippen LogP contribution in [0.25, 0.3) is 11.0 Å². The minimum Gasteiger partial charge on any atom is -0.357 e. The van der Waals surface area contributed by atoms with E-state index in [0.717, 1.165) is 43.0 Å². The first kappa shape index (κ1) is 14.2. The number of alkyl halides is 3. The van der Waals surface area contributed by atoms with Gasteiger partial charge in [-0.15, -0.1) is 0 Å². The van der Waals surface area contributed by atoms with Crippen LogP contribution in [0.3, 0.4) is 0 Å². The van der Waals surface area contributed by atoms with Crippen LogP contribution < -0.4 is 4.18 Å². The van der Waals surface area contributed by atoms with Gasteiger partial charge in [-0.2, -0.15) is 21.6 Å². The summed E-state index contributed by atoms with van der Waals surface area (Å²) in [4.78, 5) is 7.06. The third-order valence-corrected chi connectivity index (χ3v) is 4.34. The lowest BCUT2D eigenvalue weighted by Crippen LogP contribution is -2.28. The first-order valence-corrected chi connectivity index (χ1v) is 7.70. The highest BCUT2D eigenvalue weighted by Gasteiger charge is 2.48. The van der Waals surface area contributed by atoms with E-state index >= 15 is 0 Å². The molecule has 0 aliphatic heterocycles. The average Bonchev–Trinajstić information content (AvgIpc) is 2.75. The number of hydrogen-bond donors (Lipinski definition) is 1. The van der Waals surface area contributed by atoms with Gasteiger partial charge < -0.3 is 9.17 Å². The van der Waals surface area contributed by atoms with E-state index in [-0.39, 0.29) is 0 Å². The molecule has 0 amide bonds. The maximum absolute atomic E-state index is 12.3. The van der Waals surface area contributed by atoms with Gasteiger partial charge in [0.05, 0.1) is 11.0 Å². The number of aryl methyl sites for hydroxylation is 2. The molecule has 1 aliphatic rings. The fourth-order valence-electron chi connectivity index (χ4n) is 2.45. The Balaban J connectivity index is 2.02. The SMILES string of the molecule is O=S(=O)(Oc1ccc2[nH]c3c(c2n1)CCCC3)C(F)(F)F. The number of aromatic nitrogens is 2. The zero-order chi connectivity index (χ0) is 15.3. The van der Waals surface area contributed by atoms with E-state index in [9.17, 15) is 21.6 Å². The molecule has 2 aromatic heterocycles. The van der Waals surface area contributed by atoms with Crippen LogP contribution in [0.4, 0.5) is 13.2 Å². The molecular weight excluding hydrogens is 309 g/mol. The van der Waals surface area contributed by atoms with Crippen molar-refractivity contribution in [2.45, 2.75) is 31.2 Å². The maximum Gasteiger partial charge on any atom is 0.534 e. The average molecular weight is 320 g/mol. The Kier molecular flexibility index (Phi) is 3.12. The second-order valence-electron chi connectivity index (χ2n) is 4.82. The second kappa shape index (κ2) is 4.62. The summed E-state index contributed by atoms with van der Waals surface area (Å²) in [5.74, 6) is -0.577. The molecular formula is C12H11F3N2O3S. The van der Waals surface area contributed by atoms with Crippen LogP contribution in [-0.2, 0) is 23.0 Å². The predicted octanol–water partition coefficient (Wildman–Crippen LogP) is 2.67. The summed E-state index contributed by atoms with van der Waals surface area (Å²) in [5, 5.41) is 0. The van der Waals surface area contributed by atoms with E-state index in [4.69, 9.17) is 0 Å². The number of rotatable bonds is 2. The van der Waals surface area contributed by atoms with Crippen molar-refractivity contribution < 1.29 is 25.8 Å². The van der Waals surface area contributed by atoms with Gasteiger partial charge in [-0.05, 0) is 37.3 Å². The van der Waals surface area contributed by atoms with Crippen LogP contribution in [0, 0.1) is 0 Å². The Hall–Kier alpha value is -1.77. The van der Waals surface area contributed by atoms with Gasteiger partial charge in [0.2, 0.25) is 5.88 Å². The molecule has 0 saturated heterocycles. The number of pyridine rings is 1. The summed E-state index contributed by atoms with van der Waals surface area (Å²) in [7, 11) is -5.70. The van der Waals surface area contributed by atoms with Crippen LogP contribution in [0.5, 0.6) is 5.88 Å². The Bertz CT molecular complexity index is 796. The zero-order valence-electron chi connectivity index (χ0n) is 10.7. The Labute approximate surface area is 118 Å². The predicted molar refractivity (Wildman–Crippen MR) is 68.3 cm³/mol. The minimum absolute atomic E-state index is 0.472. The van der Waals surface area contributed by atoms with Crippen LogP contribution in [-0.4, -0.2) is 23.9 Å². The number of nitrogens with one attached hydrogen (secondary N) is 1. The van der Waals surface area contributed by atoms with Gasteiger partial charge in [0, 0.05) is 11.8 Å². The van der Waals surface area contributed by atoms with Crippen molar-refractivity contribution in [1.82, 2.24) is 9.97 Å². The normalized spacial score (nSPS) is 16.0. The first-order valence-electron chi connectivity index (χ1n) is 6.29. The Morgan fingerprint density at radius 1 is 1.19 bits per heavy atom. The molecule has 114 valence electrons. The number of nitrogens with zero attached hydrogens (tertiary/aromatic N) is 1. The molecule has 0 bridgehead atoms. The van der Waals surface area contributed by atoms with Gasteiger partial charge in [-0.25, -0.2) is 4.98 Å². The van der Waals surface area contributed by atoms with Crippen LogP contribution in [0.15, 0.2) is 12.1 Å². The van der Waals surface area contributed by atoms with Crippen LogP contribution >= 0.6 is 0 Å². The first-order chi connectivity index (χ1) is 9.78. The summed E-state index contributed by atoms with van der Waals surface area (Å²) in [6.07, 6.45) is 3.61. The highest BCUT2D eigenvalue weighted by molar-refractivity contribution is 7.87. The zero-order valence-corrected chi connectivity index (χ0v) is 11.5. The monoisotopic (exact) mass is 320 g/mol. The molecule has 1 N–H and O–H groups in total. The van der Waals surface area contributed by atoms with Crippen molar-refractivity contribution in [3.63, 3.8) is 0 Å². The van der Waals surface area contributed by atoms with E-state index in [1.807, 2.05) is 0 Å². The molecule has 21 heavy (non-hydrogen) atoms. The Morgan fingerprint density at radius 3 is 2.62 bits per heavy atom. The summed E-state index contributed by atoms with van der Waals surface area (Å²) < 4.78 is 62.9.